The van der Waals surface area contributed by atoms with Crippen LogP contribution in [0.25, 0.3) is 16.9 Å². The van der Waals surface area contributed by atoms with Gasteiger partial charge in [0.05, 0.1) is 22.1 Å². The molecule has 1 fully saturated rings. The summed E-state index contributed by atoms with van der Waals surface area (Å²) < 4.78 is 7.68. The molecule has 1 aliphatic heterocycles. The number of piperidine rings is 1. The molecule has 1 amide bonds. The lowest BCUT2D eigenvalue weighted by Gasteiger charge is -2.32. The zero-order chi connectivity index (χ0) is 21.3. The van der Waals surface area contributed by atoms with E-state index in [0.717, 1.165) is 34.4 Å². The van der Waals surface area contributed by atoms with Crippen molar-refractivity contribution in [3.05, 3.63) is 58.4 Å². The molecule has 0 saturated carbocycles. The van der Waals surface area contributed by atoms with Crippen molar-refractivity contribution in [2.45, 2.75) is 25.8 Å². The number of likely N-dealkylation sites (tertiary alicyclic amines) is 1. The van der Waals surface area contributed by atoms with Gasteiger partial charge < -0.3 is 15.0 Å². The molecule has 0 unspecified atom stereocenters. The second kappa shape index (κ2) is 8.65. The van der Waals surface area contributed by atoms with Crippen molar-refractivity contribution >= 4 is 45.1 Å². The first-order chi connectivity index (χ1) is 14.4. The minimum atomic E-state index is -0.343. The van der Waals surface area contributed by atoms with Gasteiger partial charge in [-0.15, -0.1) is 0 Å². The van der Waals surface area contributed by atoms with E-state index in [0.29, 0.717) is 29.5 Å². The number of allylic oxidation sites excluding steroid dienone is 1. The number of halogens is 2. The number of amides is 1. The Morgan fingerprint density at radius 1 is 1.33 bits per heavy atom. The fourth-order valence-corrected chi connectivity index (χ4v) is 4.06. The highest BCUT2D eigenvalue weighted by molar-refractivity contribution is 9.10. The van der Waals surface area contributed by atoms with E-state index in [9.17, 15) is 4.79 Å². The predicted molar refractivity (Wildman–Crippen MR) is 121 cm³/mol. The molecule has 9 heteroatoms. The Morgan fingerprint density at radius 2 is 2.07 bits per heavy atom. The molecule has 1 saturated heterocycles. The van der Waals surface area contributed by atoms with Crippen molar-refractivity contribution in [1.82, 2.24) is 19.5 Å². The Balaban J connectivity index is 1.57. The Labute approximate surface area is 187 Å². The number of carbonyl (C=O) groups excluding carboxylic acids is 1. The van der Waals surface area contributed by atoms with Gasteiger partial charge in [0.2, 0.25) is 0 Å². The van der Waals surface area contributed by atoms with Gasteiger partial charge in [-0.1, -0.05) is 36.4 Å². The second-order valence-electron chi connectivity index (χ2n) is 7.21. The monoisotopic (exact) mass is 489 g/mol. The Hall–Kier alpha value is -2.58. The maximum Gasteiger partial charge on any atom is 0.414 e. The number of carbonyl (C=O) groups is 1. The highest BCUT2D eigenvalue weighted by Gasteiger charge is 2.25. The summed E-state index contributed by atoms with van der Waals surface area (Å²) in [5.74, 6) is 1.22. The van der Waals surface area contributed by atoms with Crippen LogP contribution in [0.2, 0.25) is 5.02 Å². The third-order valence-electron chi connectivity index (χ3n) is 4.95. The first-order valence-corrected chi connectivity index (χ1v) is 10.8. The van der Waals surface area contributed by atoms with Gasteiger partial charge in [-0.3, -0.25) is 0 Å². The minimum Gasteiger partial charge on any atom is -0.416 e. The van der Waals surface area contributed by atoms with Gasteiger partial charge in [0.15, 0.2) is 5.65 Å². The SMILES string of the molecule is C=C(C)OC(=O)N1CCC(Nc2cc(-c3ccccc3Cl)nc3c(Br)cnn23)CC1. The summed E-state index contributed by atoms with van der Waals surface area (Å²) in [7, 11) is 0. The van der Waals surface area contributed by atoms with Gasteiger partial charge in [0.1, 0.15) is 5.82 Å². The number of ether oxygens (including phenoxy) is 1. The van der Waals surface area contributed by atoms with Crippen LogP contribution in [0.1, 0.15) is 19.8 Å². The molecule has 4 rings (SSSR count). The van der Waals surface area contributed by atoms with Gasteiger partial charge in [-0.05, 0) is 41.8 Å². The molecule has 0 spiro atoms. The Morgan fingerprint density at radius 3 is 2.77 bits per heavy atom. The number of hydrogen-bond donors (Lipinski definition) is 1. The number of rotatable bonds is 4. The average molecular weight is 491 g/mol. The molecule has 2 aromatic heterocycles. The third-order valence-corrected chi connectivity index (χ3v) is 5.83. The molecule has 7 nitrogen and oxygen atoms in total. The Bertz CT molecular complexity index is 1110. The zero-order valence-electron chi connectivity index (χ0n) is 16.4. The fourth-order valence-electron chi connectivity index (χ4n) is 3.47. The van der Waals surface area contributed by atoms with E-state index in [1.54, 1.807) is 22.5 Å². The smallest absolute Gasteiger partial charge is 0.414 e. The fraction of sp³-hybridized carbons (Fsp3) is 0.286. The highest BCUT2D eigenvalue weighted by atomic mass is 79.9. The highest BCUT2D eigenvalue weighted by Crippen LogP contribution is 2.31. The standard InChI is InChI=1S/C21H21BrClN5O2/c1-13(2)30-21(29)27-9-7-14(8-10-27)25-19-11-18(15-5-3-4-6-17(15)23)26-20-16(22)12-24-28(19)20/h3-6,11-12,14,25H,1,7-10H2,2H3. The number of nitrogens with zero attached hydrogens (tertiary/aromatic N) is 4. The quantitative estimate of drug-likeness (QED) is 0.499. The summed E-state index contributed by atoms with van der Waals surface area (Å²) in [6, 6.07) is 9.76. The molecule has 3 heterocycles. The van der Waals surface area contributed by atoms with E-state index in [2.05, 4.69) is 32.9 Å². The largest absolute Gasteiger partial charge is 0.416 e. The van der Waals surface area contributed by atoms with Crippen molar-refractivity contribution in [3.8, 4) is 11.3 Å². The molecule has 1 N–H and O–H groups in total. The number of hydrogen-bond acceptors (Lipinski definition) is 5. The van der Waals surface area contributed by atoms with Crippen molar-refractivity contribution in [2.75, 3.05) is 18.4 Å². The van der Waals surface area contributed by atoms with Crippen LogP contribution in [0.5, 0.6) is 0 Å². The third kappa shape index (κ3) is 4.29. The summed E-state index contributed by atoms with van der Waals surface area (Å²) in [6.45, 7) is 6.51. The minimum absolute atomic E-state index is 0.187. The van der Waals surface area contributed by atoms with Crippen LogP contribution in [0.3, 0.4) is 0 Å². The number of aromatic nitrogens is 3. The molecule has 156 valence electrons. The van der Waals surface area contributed by atoms with Crippen LogP contribution in [0.4, 0.5) is 10.6 Å². The zero-order valence-corrected chi connectivity index (χ0v) is 18.8. The lowest BCUT2D eigenvalue weighted by atomic mass is 10.1. The molecular formula is C21H21BrClN5O2. The van der Waals surface area contributed by atoms with Crippen LogP contribution < -0.4 is 5.32 Å². The van der Waals surface area contributed by atoms with Crippen molar-refractivity contribution in [1.29, 1.82) is 0 Å². The second-order valence-corrected chi connectivity index (χ2v) is 8.47. The number of fused-ring (bicyclic) bond motifs is 1. The van der Waals surface area contributed by atoms with Gasteiger partial charge in [0, 0.05) is 35.8 Å². The van der Waals surface area contributed by atoms with E-state index in [4.69, 9.17) is 21.3 Å². The van der Waals surface area contributed by atoms with Crippen LogP contribution in [0.15, 0.2) is 53.3 Å². The van der Waals surface area contributed by atoms with E-state index < -0.39 is 0 Å². The van der Waals surface area contributed by atoms with Crippen molar-refractivity contribution in [3.63, 3.8) is 0 Å². The first kappa shape index (κ1) is 20.7. The maximum atomic E-state index is 12.1. The topological polar surface area (TPSA) is 71.8 Å². The summed E-state index contributed by atoms with van der Waals surface area (Å²) in [6.07, 6.45) is 2.96. The van der Waals surface area contributed by atoms with Crippen LogP contribution in [-0.4, -0.2) is 44.7 Å². The molecule has 0 aliphatic carbocycles. The van der Waals surface area contributed by atoms with Crippen molar-refractivity contribution < 1.29 is 9.53 Å². The van der Waals surface area contributed by atoms with Gasteiger partial charge in [-0.25, -0.2) is 9.78 Å². The van der Waals surface area contributed by atoms with E-state index in [1.165, 1.54) is 0 Å². The molecular weight excluding hydrogens is 470 g/mol. The van der Waals surface area contributed by atoms with Crippen molar-refractivity contribution in [2.24, 2.45) is 0 Å². The lowest BCUT2D eigenvalue weighted by molar-refractivity contribution is 0.119. The molecule has 0 bridgehead atoms. The number of nitrogens with one attached hydrogen (secondary N) is 1. The first-order valence-electron chi connectivity index (χ1n) is 9.60. The molecule has 1 aromatic carbocycles. The van der Waals surface area contributed by atoms with Gasteiger partial charge in [0.25, 0.3) is 0 Å². The normalized spacial score (nSPS) is 14.7. The molecule has 1 aliphatic rings. The summed E-state index contributed by atoms with van der Waals surface area (Å²) in [5, 5.41) is 8.64. The molecule has 0 radical (unpaired) electrons. The molecule has 3 aromatic rings. The lowest BCUT2D eigenvalue weighted by Crippen LogP contribution is -2.42. The summed E-state index contributed by atoms with van der Waals surface area (Å²) >= 11 is 9.92. The summed E-state index contributed by atoms with van der Waals surface area (Å²) in [5.41, 5.74) is 2.33. The summed E-state index contributed by atoms with van der Waals surface area (Å²) in [4.78, 5) is 18.5. The predicted octanol–water partition coefficient (Wildman–Crippen LogP) is 5.36. The Kier molecular flexibility index (Phi) is 5.97. The maximum absolute atomic E-state index is 12.1. The van der Waals surface area contributed by atoms with Crippen LogP contribution in [0, 0.1) is 0 Å². The number of anilines is 1. The number of benzene rings is 1. The molecule has 0 atom stereocenters. The van der Waals surface area contributed by atoms with E-state index in [1.807, 2.05) is 30.3 Å². The van der Waals surface area contributed by atoms with Crippen LogP contribution >= 0.6 is 27.5 Å². The molecule has 30 heavy (non-hydrogen) atoms. The van der Waals surface area contributed by atoms with E-state index in [-0.39, 0.29) is 12.1 Å². The van der Waals surface area contributed by atoms with Crippen LogP contribution in [-0.2, 0) is 4.74 Å². The van der Waals surface area contributed by atoms with Gasteiger partial charge >= 0.3 is 6.09 Å². The van der Waals surface area contributed by atoms with Gasteiger partial charge in [-0.2, -0.15) is 9.61 Å². The average Bonchev–Trinajstić information content (AvgIpc) is 3.09. The van der Waals surface area contributed by atoms with E-state index >= 15 is 0 Å².